The summed E-state index contributed by atoms with van der Waals surface area (Å²) in [5.41, 5.74) is 2.16. The molecule has 0 spiro atoms. The number of carbonyl (C=O) groups excluding carboxylic acids is 1. The van der Waals surface area contributed by atoms with E-state index in [1.165, 1.54) is 0 Å². The molecule has 6 nitrogen and oxygen atoms in total. The molecule has 1 aliphatic rings. The lowest BCUT2D eigenvalue weighted by molar-refractivity contribution is -0.122. The Kier molecular flexibility index (Phi) is 4.70. The van der Waals surface area contributed by atoms with Gasteiger partial charge in [0.1, 0.15) is 12.4 Å². The molecule has 22 heavy (non-hydrogen) atoms. The molecule has 1 aromatic carbocycles. The first-order valence-electron chi connectivity index (χ1n) is 7.48. The van der Waals surface area contributed by atoms with Gasteiger partial charge in [0.25, 0.3) is 0 Å². The maximum Gasteiger partial charge on any atom is 0.234 e. The molecule has 0 unspecified atom stereocenters. The Morgan fingerprint density at radius 3 is 3.18 bits per heavy atom. The summed E-state index contributed by atoms with van der Waals surface area (Å²) in [6, 6.07) is 7.99. The van der Waals surface area contributed by atoms with Crippen molar-refractivity contribution >= 4 is 5.91 Å². The van der Waals surface area contributed by atoms with Crippen LogP contribution in [0.5, 0.6) is 5.75 Å². The number of benzene rings is 1. The fraction of sp³-hybridized carbons (Fsp3) is 0.375. The molecular formula is C16H20N4O2. The number of nitrogens with one attached hydrogen (secondary N) is 2. The Morgan fingerprint density at radius 2 is 2.32 bits per heavy atom. The van der Waals surface area contributed by atoms with Crippen molar-refractivity contribution < 1.29 is 9.53 Å². The summed E-state index contributed by atoms with van der Waals surface area (Å²) >= 11 is 0. The molecule has 0 bridgehead atoms. The molecule has 6 heteroatoms. The number of imidazole rings is 1. The molecule has 0 aliphatic carbocycles. The van der Waals surface area contributed by atoms with Crippen LogP contribution in [0, 0.1) is 0 Å². The van der Waals surface area contributed by atoms with E-state index in [4.69, 9.17) is 4.74 Å². The number of rotatable bonds is 5. The van der Waals surface area contributed by atoms with Crippen molar-refractivity contribution in [2.75, 3.05) is 26.2 Å². The average Bonchev–Trinajstić information content (AvgIpc) is 2.94. The first-order chi connectivity index (χ1) is 10.8. The first kappa shape index (κ1) is 14.6. The van der Waals surface area contributed by atoms with Crippen LogP contribution < -0.4 is 10.1 Å². The molecule has 2 N–H and O–H groups in total. The smallest absolute Gasteiger partial charge is 0.234 e. The van der Waals surface area contributed by atoms with Crippen LogP contribution in [0.25, 0.3) is 0 Å². The molecule has 1 aliphatic heterocycles. The second-order valence-corrected chi connectivity index (χ2v) is 5.34. The number of fused-ring (bicyclic) bond motifs is 1. The Hall–Kier alpha value is -2.34. The highest BCUT2D eigenvalue weighted by molar-refractivity contribution is 5.78. The van der Waals surface area contributed by atoms with Crippen molar-refractivity contribution in [3.63, 3.8) is 0 Å². The minimum atomic E-state index is 0.0406. The van der Waals surface area contributed by atoms with E-state index in [1.54, 1.807) is 12.5 Å². The second kappa shape index (κ2) is 7.09. The fourth-order valence-corrected chi connectivity index (χ4v) is 2.53. The maximum atomic E-state index is 12.0. The third-order valence-electron chi connectivity index (χ3n) is 3.67. The van der Waals surface area contributed by atoms with E-state index < -0.39 is 0 Å². The van der Waals surface area contributed by atoms with Gasteiger partial charge in [-0.2, -0.15) is 0 Å². The first-order valence-corrected chi connectivity index (χ1v) is 7.48. The highest BCUT2D eigenvalue weighted by Crippen LogP contribution is 2.21. The van der Waals surface area contributed by atoms with E-state index in [0.717, 1.165) is 36.5 Å². The van der Waals surface area contributed by atoms with Crippen molar-refractivity contribution in [3.05, 3.63) is 48.0 Å². The number of hydrogen-bond acceptors (Lipinski definition) is 4. The number of H-pyrrole nitrogens is 1. The van der Waals surface area contributed by atoms with Crippen LogP contribution in [0.1, 0.15) is 11.3 Å². The molecule has 1 aromatic heterocycles. The molecule has 3 rings (SSSR count). The summed E-state index contributed by atoms with van der Waals surface area (Å²) in [4.78, 5) is 21.1. The summed E-state index contributed by atoms with van der Waals surface area (Å²) in [5, 5.41) is 2.94. The molecule has 116 valence electrons. The Balaban J connectivity index is 1.47. The van der Waals surface area contributed by atoms with E-state index in [2.05, 4.69) is 20.2 Å². The zero-order valence-corrected chi connectivity index (χ0v) is 12.4. The molecular weight excluding hydrogens is 280 g/mol. The minimum absolute atomic E-state index is 0.0406. The number of para-hydroxylation sites is 1. The minimum Gasteiger partial charge on any atom is -0.492 e. The van der Waals surface area contributed by atoms with E-state index >= 15 is 0 Å². The number of aromatic amines is 1. The van der Waals surface area contributed by atoms with E-state index in [9.17, 15) is 4.79 Å². The fourth-order valence-electron chi connectivity index (χ4n) is 2.53. The molecule has 1 amide bonds. The topological polar surface area (TPSA) is 70.2 Å². The van der Waals surface area contributed by atoms with Crippen molar-refractivity contribution in [3.8, 4) is 5.75 Å². The van der Waals surface area contributed by atoms with Crippen LogP contribution in [-0.2, 0) is 17.8 Å². The summed E-state index contributed by atoms with van der Waals surface area (Å²) in [6.07, 6.45) is 4.18. The van der Waals surface area contributed by atoms with Crippen molar-refractivity contribution in [1.29, 1.82) is 0 Å². The van der Waals surface area contributed by atoms with Gasteiger partial charge in [-0.25, -0.2) is 4.98 Å². The van der Waals surface area contributed by atoms with Crippen molar-refractivity contribution in [2.45, 2.75) is 13.0 Å². The molecule has 0 saturated carbocycles. The Labute approximate surface area is 129 Å². The molecule has 0 fully saturated rings. The lowest BCUT2D eigenvalue weighted by atomic mass is 10.2. The van der Waals surface area contributed by atoms with Gasteiger partial charge in [-0.1, -0.05) is 18.2 Å². The average molecular weight is 300 g/mol. The highest BCUT2D eigenvalue weighted by Gasteiger charge is 2.17. The van der Waals surface area contributed by atoms with Crippen LogP contribution in [0.15, 0.2) is 36.8 Å². The van der Waals surface area contributed by atoms with Crippen molar-refractivity contribution in [2.24, 2.45) is 0 Å². The molecule has 2 heterocycles. The van der Waals surface area contributed by atoms with E-state index in [1.807, 2.05) is 24.3 Å². The molecule has 2 aromatic rings. The summed E-state index contributed by atoms with van der Waals surface area (Å²) in [5.74, 6) is 0.962. The van der Waals surface area contributed by atoms with Crippen LogP contribution in [-0.4, -0.2) is 47.0 Å². The van der Waals surface area contributed by atoms with Crippen molar-refractivity contribution in [1.82, 2.24) is 20.2 Å². The van der Waals surface area contributed by atoms with Gasteiger partial charge in [-0.15, -0.1) is 0 Å². The number of hydrogen-bond donors (Lipinski definition) is 2. The highest BCUT2D eigenvalue weighted by atomic mass is 16.5. The SMILES string of the molecule is O=C(CN1CCOc2ccccc2C1)NCCc1cnc[nH]1. The van der Waals surface area contributed by atoms with Gasteiger partial charge in [0.15, 0.2) is 0 Å². The predicted octanol–water partition coefficient (Wildman–Crippen LogP) is 0.963. The monoisotopic (exact) mass is 300 g/mol. The number of nitrogens with zero attached hydrogens (tertiary/aromatic N) is 2. The second-order valence-electron chi connectivity index (χ2n) is 5.34. The third-order valence-corrected chi connectivity index (χ3v) is 3.67. The van der Waals surface area contributed by atoms with Gasteiger partial charge in [0.05, 0.1) is 12.9 Å². The van der Waals surface area contributed by atoms with Gasteiger partial charge < -0.3 is 15.0 Å². The summed E-state index contributed by atoms with van der Waals surface area (Å²) in [6.45, 7) is 3.11. The number of ether oxygens (including phenoxy) is 1. The zero-order chi connectivity index (χ0) is 15.2. The molecule has 0 saturated heterocycles. The predicted molar refractivity (Wildman–Crippen MR) is 82.5 cm³/mol. The van der Waals surface area contributed by atoms with Crippen LogP contribution in [0.2, 0.25) is 0 Å². The van der Waals surface area contributed by atoms with Gasteiger partial charge in [0, 0.05) is 43.5 Å². The molecule has 0 radical (unpaired) electrons. The van der Waals surface area contributed by atoms with Gasteiger partial charge in [-0.3, -0.25) is 9.69 Å². The van der Waals surface area contributed by atoms with Gasteiger partial charge in [-0.05, 0) is 6.07 Å². The van der Waals surface area contributed by atoms with E-state index in [-0.39, 0.29) is 5.91 Å². The summed E-state index contributed by atoms with van der Waals surface area (Å²) < 4.78 is 5.71. The Morgan fingerprint density at radius 1 is 1.41 bits per heavy atom. The molecule has 0 atom stereocenters. The summed E-state index contributed by atoms with van der Waals surface area (Å²) in [7, 11) is 0. The quantitative estimate of drug-likeness (QED) is 0.863. The lowest BCUT2D eigenvalue weighted by Gasteiger charge is -2.18. The van der Waals surface area contributed by atoms with Crippen LogP contribution in [0.3, 0.4) is 0 Å². The third kappa shape index (κ3) is 3.85. The zero-order valence-electron chi connectivity index (χ0n) is 12.4. The number of amides is 1. The van der Waals surface area contributed by atoms with E-state index in [0.29, 0.717) is 19.7 Å². The van der Waals surface area contributed by atoms with Gasteiger partial charge in [0.2, 0.25) is 5.91 Å². The maximum absolute atomic E-state index is 12.0. The number of carbonyl (C=O) groups is 1. The largest absolute Gasteiger partial charge is 0.492 e. The normalized spacial score (nSPS) is 14.7. The standard InChI is InChI=1S/C16H20N4O2/c21-16(18-6-5-14-9-17-12-19-14)11-20-7-8-22-15-4-2-1-3-13(15)10-20/h1-4,9,12H,5-8,10-11H2,(H,17,19)(H,18,21). The van der Waals surface area contributed by atoms with Crippen LogP contribution >= 0.6 is 0 Å². The van der Waals surface area contributed by atoms with Gasteiger partial charge >= 0.3 is 0 Å². The van der Waals surface area contributed by atoms with Crippen LogP contribution in [0.4, 0.5) is 0 Å². The Bertz CT molecular complexity index is 612. The number of aromatic nitrogens is 2. The lowest BCUT2D eigenvalue weighted by Crippen LogP contribution is -2.38.